The van der Waals surface area contributed by atoms with E-state index in [0.717, 1.165) is 44.7 Å². The summed E-state index contributed by atoms with van der Waals surface area (Å²) < 4.78 is 11.0. The van der Waals surface area contributed by atoms with Crippen LogP contribution in [0.15, 0.2) is 16.5 Å². The lowest BCUT2D eigenvalue weighted by atomic mass is 9.76. The molecule has 2 heterocycles. The highest BCUT2D eigenvalue weighted by atomic mass is 16.6. The molecule has 2 rings (SSSR count). The van der Waals surface area contributed by atoms with E-state index in [4.69, 9.17) is 14.3 Å². The van der Waals surface area contributed by atoms with Crippen LogP contribution in [0.2, 0.25) is 0 Å². The van der Waals surface area contributed by atoms with Crippen molar-refractivity contribution >= 4 is 6.09 Å². The summed E-state index contributed by atoms with van der Waals surface area (Å²) in [7, 11) is 0. The average Bonchev–Trinajstić information content (AvgIpc) is 3.02. The fraction of sp³-hybridized carbons (Fsp3) is 0.737. The van der Waals surface area contributed by atoms with Gasteiger partial charge in [-0.3, -0.25) is 0 Å². The Kier molecular flexibility index (Phi) is 6.52. The Morgan fingerprint density at radius 2 is 1.96 bits per heavy atom. The first-order chi connectivity index (χ1) is 11.8. The van der Waals surface area contributed by atoms with Crippen molar-refractivity contribution in [1.29, 1.82) is 0 Å². The van der Waals surface area contributed by atoms with Crippen molar-refractivity contribution in [2.75, 3.05) is 19.6 Å². The van der Waals surface area contributed by atoms with E-state index in [9.17, 15) is 4.79 Å². The van der Waals surface area contributed by atoms with E-state index in [1.807, 2.05) is 31.7 Å². The van der Waals surface area contributed by atoms with Gasteiger partial charge in [0.2, 0.25) is 0 Å². The summed E-state index contributed by atoms with van der Waals surface area (Å²) in [5.74, 6) is 1.43. The number of amides is 1. The minimum Gasteiger partial charge on any atom is -0.462 e. The van der Waals surface area contributed by atoms with E-state index in [0.29, 0.717) is 12.3 Å². The summed E-state index contributed by atoms with van der Waals surface area (Å²) >= 11 is 0. The van der Waals surface area contributed by atoms with Gasteiger partial charge in [0.05, 0.1) is 6.54 Å². The molecule has 2 N–H and O–H groups in total. The number of hydrogen-bond donors (Lipinski definition) is 2. The molecule has 6 heteroatoms. The molecule has 1 aliphatic rings. The van der Waals surface area contributed by atoms with Crippen molar-refractivity contribution < 1.29 is 19.1 Å². The van der Waals surface area contributed by atoms with Crippen LogP contribution in [0, 0.1) is 5.41 Å². The van der Waals surface area contributed by atoms with E-state index in [-0.39, 0.29) is 18.1 Å². The Morgan fingerprint density at radius 3 is 2.48 bits per heavy atom. The molecule has 25 heavy (non-hydrogen) atoms. The predicted octanol–water partition coefficient (Wildman–Crippen LogP) is 3.29. The van der Waals surface area contributed by atoms with Crippen LogP contribution in [0.4, 0.5) is 4.79 Å². The van der Waals surface area contributed by atoms with Gasteiger partial charge in [-0.15, -0.1) is 0 Å². The maximum absolute atomic E-state index is 12.2. The quantitative estimate of drug-likeness (QED) is 0.822. The second-order valence-corrected chi connectivity index (χ2v) is 7.95. The lowest BCUT2D eigenvalue weighted by molar-refractivity contribution is 0.00939. The molecule has 0 unspecified atom stereocenters. The average molecular weight is 352 g/mol. The van der Waals surface area contributed by atoms with E-state index >= 15 is 0 Å². The molecule has 1 saturated heterocycles. The van der Waals surface area contributed by atoms with E-state index < -0.39 is 5.60 Å². The number of piperidine rings is 1. The highest BCUT2D eigenvalue weighted by Crippen LogP contribution is 2.34. The molecule has 1 aromatic heterocycles. The summed E-state index contributed by atoms with van der Waals surface area (Å²) in [5.41, 5.74) is -0.251. The number of nitrogens with zero attached hydrogens (tertiary/aromatic N) is 1. The second-order valence-electron chi connectivity index (χ2n) is 7.95. The van der Waals surface area contributed by atoms with Gasteiger partial charge in [0, 0.05) is 19.6 Å². The smallest absolute Gasteiger partial charge is 0.410 e. The number of hydrogen-bond acceptors (Lipinski definition) is 5. The highest BCUT2D eigenvalue weighted by Gasteiger charge is 2.35. The van der Waals surface area contributed by atoms with Gasteiger partial charge in [-0.1, -0.05) is 6.92 Å². The van der Waals surface area contributed by atoms with Gasteiger partial charge in [0.25, 0.3) is 0 Å². The van der Waals surface area contributed by atoms with Crippen LogP contribution >= 0.6 is 0 Å². The van der Waals surface area contributed by atoms with E-state index in [2.05, 4.69) is 12.2 Å². The Balaban J connectivity index is 1.81. The van der Waals surface area contributed by atoms with Gasteiger partial charge >= 0.3 is 6.09 Å². The SMILES string of the molecule is CCC1(CNCc2ccc(CO)o2)CCN(C(=O)OC(C)(C)C)CC1. The van der Waals surface area contributed by atoms with Crippen LogP contribution in [0.3, 0.4) is 0 Å². The maximum atomic E-state index is 12.2. The number of carbonyl (C=O) groups is 1. The predicted molar refractivity (Wildman–Crippen MR) is 96.1 cm³/mol. The molecule has 0 saturated carbocycles. The van der Waals surface area contributed by atoms with Crippen LogP contribution in [-0.4, -0.2) is 41.3 Å². The fourth-order valence-corrected chi connectivity index (χ4v) is 3.20. The van der Waals surface area contributed by atoms with Gasteiger partial charge in [0.15, 0.2) is 0 Å². The molecular weight excluding hydrogens is 320 g/mol. The van der Waals surface area contributed by atoms with Crippen LogP contribution in [0.5, 0.6) is 0 Å². The van der Waals surface area contributed by atoms with Crippen molar-refractivity contribution in [2.45, 2.75) is 65.7 Å². The van der Waals surface area contributed by atoms with E-state index in [1.165, 1.54) is 0 Å². The molecule has 1 fully saturated rings. The third-order valence-electron chi connectivity index (χ3n) is 4.90. The zero-order valence-corrected chi connectivity index (χ0v) is 15.9. The number of furan rings is 1. The molecule has 142 valence electrons. The Morgan fingerprint density at radius 1 is 1.32 bits per heavy atom. The molecule has 0 atom stereocenters. The van der Waals surface area contributed by atoms with Gasteiger partial charge in [-0.2, -0.15) is 0 Å². The van der Waals surface area contributed by atoms with Gasteiger partial charge < -0.3 is 24.5 Å². The Labute approximate surface area is 150 Å². The molecule has 1 aromatic rings. The van der Waals surface area contributed by atoms with Crippen LogP contribution < -0.4 is 5.32 Å². The van der Waals surface area contributed by atoms with Crippen molar-refractivity contribution in [2.24, 2.45) is 5.41 Å². The lowest BCUT2D eigenvalue weighted by Gasteiger charge is -2.41. The summed E-state index contributed by atoms with van der Waals surface area (Å²) in [5, 5.41) is 12.5. The first-order valence-electron chi connectivity index (χ1n) is 9.14. The number of nitrogens with one attached hydrogen (secondary N) is 1. The molecular formula is C19H32N2O4. The first kappa shape index (κ1) is 19.8. The molecule has 0 aliphatic carbocycles. The largest absolute Gasteiger partial charge is 0.462 e. The number of carbonyl (C=O) groups excluding carboxylic acids is 1. The second kappa shape index (κ2) is 8.23. The molecule has 1 amide bonds. The lowest BCUT2D eigenvalue weighted by Crippen LogP contribution is -2.48. The number of ether oxygens (including phenoxy) is 1. The van der Waals surface area contributed by atoms with Crippen LogP contribution in [-0.2, 0) is 17.9 Å². The molecule has 1 aliphatic heterocycles. The fourth-order valence-electron chi connectivity index (χ4n) is 3.20. The monoisotopic (exact) mass is 352 g/mol. The van der Waals surface area contributed by atoms with Crippen LogP contribution in [0.1, 0.15) is 58.5 Å². The molecule has 6 nitrogen and oxygen atoms in total. The van der Waals surface area contributed by atoms with Crippen molar-refractivity contribution in [3.63, 3.8) is 0 Å². The molecule has 0 bridgehead atoms. The summed E-state index contributed by atoms with van der Waals surface area (Å²) in [6.07, 6.45) is 2.80. The van der Waals surface area contributed by atoms with Gasteiger partial charge in [-0.05, 0) is 57.6 Å². The van der Waals surface area contributed by atoms with Gasteiger partial charge in [-0.25, -0.2) is 4.79 Å². The number of rotatable bonds is 6. The standard InChI is InChI=1S/C19H32N2O4/c1-5-19(14-20-12-15-6-7-16(13-22)24-15)8-10-21(11-9-19)17(23)25-18(2,3)4/h6-7,20,22H,5,8-14H2,1-4H3. The highest BCUT2D eigenvalue weighted by molar-refractivity contribution is 5.68. The third kappa shape index (κ3) is 5.75. The minimum absolute atomic E-state index is 0.0700. The number of aliphatic hydroxyl groups excluding tert-OH is 1. The number of likely N-dealkylation sites (tertiary alicyclic amines) is 1. The zero-order valence-electron chi connectivity index (χ0n) is 15.9. The normalized spacial score (nSPS) is 17.6. The first-order valence-corrected chi connectivity index (χ1v) is 9.14. The maximum Gasteiger partial charge on any atom is 0.410 e. The summed E-state index contributed by atoms with van der Waals surface area (Å²) in [6.45, 7) is 10.8. The summed E-state index contributed by atoms with van der Waals surface area (Å²) in [6, 6.07) is 3.69. The third-order valence-corrected chi connectivity index (χ3v) is 4.90. The molecule has 0 spiro atoms. The Hall–Kier alpha value is -1.53. The summed E-state index contributed by atoms with van der Waals surface area (Å²) in [4.78, 5) is 14.0. The van der Waals surface area contributed by atoms with Crippen molar-refractivity contribution in [1.82, 2.24) is 10.2 Å². The van der Waals surface area contributed by atoms with Crippen molar-refractivity contribution in [3.8, 4) is 0 Å². The zero-order chi connectivity index (χ0) is 18.5. The van der Waals surface area contributed by atoms with Crippen molar-refractivity contribution in [3.05, 3.63) is 23.7 Å². The van der Waals surface area contributed by atoms with Crippen LogP contribution in [0.25, 0.3) is 0 Å². The number of aliphatic hydroxyl groups is 1. The topological polar surface area (TPSA) is 74.9 Å². The Bertz CT molecular complexity index is 554. The van der Waals surface area contributed by atoms with E-state index in [1.54, 1.807) is 6.07 Å². The van der Waals surface area contributed by atoms with Gasteiger partial charge in [0.1, 0.15) is 23.7 Å². The molecule has 0 radical (unpaired) electrons. The molecule has 0 aromatic carbocycles. The minimum atomic E-state index is -0.450.